The van der Waals surface area contributed by atoms with Gasteiger partial charge in [0.2, 0.25) is 5.91 Å². The van der Waals surface area contributed by atoms with Gasteiger partial charge in [-0.3, -0.25) is 4.79 Å². The van der Waals surface area contributed by atoms with Crippen LogP contribution in [0.25, 0.3) is 11.3 Å². The Labute approximate surface area is 135 Å². The molecule has 1 aliphatic rings. The zero-order valence-electron chi connectivity index (χ0n) is 12.9. The topological polar surface area (TPSA) is 42.0 Å². The number of nitrogens with zero attached hydrogens (tertiary/aromatic N) is 1. The molecule has 22 heavy (non-hydrogen) atoms. The van der Waals surface area contributed by atoms with Crippen LogP contribution in [-0.4, -0.2) is 10.9 Å². The summed E-state index contributed by atoms with van der Waals surface area (Å²) in [5, 5.41) is 5.67. The molecule has 0 fully saturated rings. The zero-order chi connectivity index (χ0) is 15.5. The normalized spacial score (nSPS) is 17.5. The summed E-state index contributed by atoms with van der Waals surface area (Å²) in [6, 6.07) is 6.35. The molecule has 114 valence electrons. The van der Waals surface area contributed by atoms with Crippen molar-refractivity contribution < 1.29 is 4.79 Å². The Morgan fingerprint density at radius 1 is 1.32 bits per heavy atom. The first kappa shape index (κ1) is 15.0. The van der Waals surface area contributed by atoms with Crippen LogP contribution in [-0.2, 0) is 4.79 Å². The largest absolute Gasteiger partial charge is 0.302 e. The van der Waals surface area contributed by atoms with E-state index in [1.54, 1.807) is 0 Å². The van der Waals surface area contributed by atoms with Gasteiger partial charge in [0.1, 0.15) is 0 Å². The number of hydrogen-bond acceptors (Lipinski definition) is 3. The second kappa shape index (κ2) is 6.44. The van der Waals surface area contributed by atoms with E-state index in [0.29, 0.717) is 5.13 Å². The second-order valence-electron chi connectivity index (χ2n) is 5.83. The van der Waals surface area contributed by atoms with Crippen LogP contribution in [0, 0.1) is 19.8 Å². The van der Waals surface area contributed by atoms with Crippen LogP contribution in [0.5, 0.6) is 0 Å². The molecular weight excluding hydrogens is 292 g/mol. The van der Waals surface area contributed by atoms with Crippen molar-refractivity contribution in [3.63, 3.8) is 0 Å². The summed E-state index contributed by atoms with van der Waals surface area (Å²) in [6.07, 6.45) is 6.99. The fraction of sp³-hybridized carbons (Fsp3) is 0.333. The Balaban J connectivity index is 1.75. The van der Waals surface area contributed by atoms with Crippen molar-refractivity contribution in [2.75, 3.05) is 5.32 Å². The number of amides is 1. The maximum absolute atomic E-state index is 12.3. The lowest BCUT2D eigenvalue weighted by atomic mass is 9.94. The minimum atomic E-state index is 0.0815. The average molecular weight is 312 g/mol. The smallest absolute Gasteiger partial charge is 0.229 e. The van der Waals surface area contributed by atoms with E-state index in [-0.39, 0.29) is 11.8 Å². The van der Waals surface area contributed by atoms with Gasteiger partial charge in [-0.1, -0.05) is 29.8 Å². The molecule has 1 N–H and O–H groups in total. The predicted molar refractivity (Wildman–Crippen MR) is 92.1 cm³/mol. The van der Waals surface area contributed by atoms with E-state index in [0.717, 1.165) is 30.5 Å². The number of carbonyl (C=O) groups is 1. The number of thiazole rings is 1. The maximum Gasteiger partial charge on any atom is 0.229 e. The SMILES string of the molecule is Cc1ccc(C)c(-c2csc(NC(=O)C3CC=CCC3)n2)c1. The third-order valence-electron chi connectivity index (χ3n) is 4.04. The van der Waals surface area contributed by atoms with Gasteiger partial charge in [0.15, 0.2) is 5.13 Å². The number of hydrogen-bond donors (Lipinski definition) is 1. The number of benzene rings is 1. The molecule has 3 nitrogen and oxygen atoms in total. The molecule has 0 radical (unpaired) electrons. The van der Waals surface area contributed by atoms with E-state index in [1.807, 2.05) is 5.38 Å². The summed E-state index contributed by atoms with van der Waals surface area (Å²) in [4.78, 5) is 16.8. The Morgan fingerprint density at radius 3 is 2.95 bits per heavy atom. The standard InChI is InChI=1S/C18H20N2OS/c1-12-8-9-13(2)15(10-12)16-11-22-18(19-16)20-17(21)14-6-4-3-5-7-14/h3-4,8-11,14H,5-7H2,1-2H3,(H,19,20,21). The first-order valence-corrected chi connectivity index (χ1v) is 8.50. The van der Waals surface area contributed by atoms with E-state index >= 15 is 0 Å². The minimum Gasteiger partial charge on any atom is -0.302 e. The molecule has 1 atom stereocenters. The Kier molecular flexibility index (Phi) is 4.39. The number of aromatic nitrogens is 1. The molecule has 3 rings (SSSR count). The summed E-state index contributed by atoms with van der Waals surface area (Å²) in [5.41, 5.74) is 4.49. The summed E-state index contributed by atoms with van der Waals surface area (Å²) < 4.78 is 0. The maximum atomic E-state index is 12.3. The lowest BCUT2D eigenvalue weighted by molar-refractivity contribution is -0.120. The fourth-order valence-electron chi connectivity index (χ4n) is 2.71. The van der Waals surface area contributed by atoms with Gasteiger partial charge >= 0.3 is 0 Å². The Bertz CT molecular complexity index is 718. The van der Waals surface area contributed by atoms with Crippen molar-refractivity contribution in [1.82, 2.24) is 4.98 Å². The van der Waals surface area contributed by atoms with Crippen molar-refractivity contribution in [2.45, 2.75) is 33.1 Å². The van der Waals surface area contributed by atoms with Crippen LogP contribution in [0.2, 0.25) is 0 Å². The molecular formula is C18H20N2OS. The van der Waals surface area contributed by atoms with Crippen LogP contribution in [0.1, 0.15) is 30.4 Å². The summed E-state index contributed by atoms with van der Waals surface area (Å²) in [6.45, 7) is 4.16. The van der Waals surface area contributed by atoms with Gasteiger partial charge in [-0.25, -0.2) is 4.98 Å². The minimum absolute atomic E-state index is 0.0815. The molecule has 0 bridgehead atoms. The predicted octanol–water partition coefficient (Wildman–Crippen LogP) is 4.72. The lowest BCUT2D eigenvalue weighted by Gasteiger charge is -2.15. The van der Waals surface area contributed by atoms with Crippen molar-refractivity contribution in [3.8, 4) is 11.3 Å². The van der Waals surface area contributed by atoms with E-state index in [9.17, 15) is 4.79 Å². The molecule has 1 amide bonds. The third-order valence-corrected chi connectivity index (χ3v) is 4.80. The van der Waals surface area contributed by atoms with Gasteiger partial charge in [-0.15, -0.1) is 11.3 Å². The molecule has 1 heterocycles. The number of anilines is 1. The first-order chi connectivity index (χ1) is 10.6. The van der Waals surface area contributed by atoms with E-state index < -0.39 is 0 Å². The van der Waals surface area contributed by atoms with Crippen molar-refractivity contribution in [3.05, 3.63) is 46.9 Å². The molecule has 0 spiro atoms. The molecule has 1 aromatic heterocycles. The van der Waals surface area contributed by atoms with Gasteiger partial charge in [-0.05, 0) is 44.7 Å². The van der Waals surface area contributed by atoms with E-state index in [1.165, 1.54) is 22.5 Å². The number of nitrogens with one attached hydrogen (secondary N) is 1. The molecule has 0 aliphatic heterocycles. The summed E-state index contributed by atoms with van der Waals surface area (Å²) >= 11 is 1.49. The second-order valence-corrected chi connectivity index (χ2v) is 6.69. The third kappa shape index (κ3) is 3.28. The highest BCUT2D eigenvalue weighted by Crippen LogP contribution is 2.29. The van der Waals surface area contributed by atoms with Crippen LogP contribution in [0.3, 0.4) is 0 Å². The van der Waals surface area contributed by atoms with Crippen LogP contribution >= 0.6 is 11.3 Å². The summed E-state index contributed by atoms with van der Waals surface area (Å²) in [5.74, 6) is 0.171. The monoisotopic (exact) mass is 312 g/mol. The van der Waals surface area contributed by atoms with E-state index in [4.69, 9.17) is 0 Å². The quantitative estimate of drug-likeness (QED) is 0.833. The number of carbonyl (C=O) groups excluding carboxylic acids is 1. The molecule has 2 aromatic rings. The molecule has 0 saturated carbocycles. The van der Waals surface area contributed by atoms with Gasteiger partial charge < -0.3 is 5.32 Å². The summed E-state index contributed by atoms with van der Waals surface area (Å²) in [7, 11) is 0. The zero-order valence-corrected chi connectivity index (χ0v) is 13.7. The van der Waals surface area contributed by atoms with Crippen LogP contribution in [0.15, 0.2) is 35.7 Å². The van der Waals surface area contributed by atoms with E-state index in [2.05, 4.69) is 54.5 Å². The first-order valence-electron chi connectivity index (χ1n) is 7.62. The van der Waals surface area contributed by atoms with Crippen LogP contribution < -0.4 is 5.32 Å². The lowest BCUT2D eigenvalue weighted by Crippen LogP contribution is -2.23. The highest BCUT2D eigenvalue weighted by atomic mass is 32.1. The van der Waals surface area contributed by atoms with Gasteiger partial charge in [0.25, 0.3) is 0 Å². The van der Waals surface area contributed by atoms with Gasteiger partial charge in [0.05, 0.1) is 5.69 Å². The van der Waals surface area contributed by atoms with Gasteiger partial charge in [0, 0.05) is 16.9 Å². The number of rotatable bonds is 3. The fourth-order valence-corrected chi connectivity index (χ4v) is 3.42. The van der Waals surface area contributed by atoms with Crippen molar-refractivity contribution >= 4 is 22.4 Å². The molecule has 1 aromatic carbocycles. The highest BCUT2D eigenvalue weighted by Gasteiger charge is 2.19. The van der Waals surface area contributed by atoms with Crippen molar-refractivity contribution in [1.29, 1.82) is 0 Å². The van der Waals surface area contributed by atoms with Gasteiger partial charge in [-0.2, -0.15) is 0 Å². The molecule has 1 unspecified atom stereocenters. The number of allylic oxidation sites excluding steroid dienone is 2. The highest BCUT2D eigenvalue weighted by molar-refractivity contribution is 7.14. The Morgan fingerprint density at radius 2 is 2.18 bits per heavy atom. The average Bonchev–Trinajstić information content (AvgIpc) is 2.99. The van der Waals surface area contributed by atoms with Crippen LogP contribution in [0.4, 0.5) is 5.13 Å². The number of aryl methyl sites for hydroxylation is 2. The van der Waals surface area contributed by atoms with Crippen molar-refractivity contribution in [2.24, 2.45) is 5.92 Å². The molecule has 0 saturated heterocycles. The molecule has 1 aliphatic carbocycles. The molecule has 4 heteroatoms. The Hall–Kier alpha value is -1.94.